The van der Waals surface area contributed by atoms with Crippen LogP contribution < -0.4 is 10.1 Å². The Morgan fingerprint density at radius 2 is 1.57 bits per heavy atom. The number of halogens is 1. The Labute approximate surface area is 126 Å². The first-order valence-corrected chi connectivity index (χ1v) is 7.34. The zero-order valence-corrected chi connectivity index (χ0v) is 12.6. The molecule has 0 aromatic heterocycles. The Balaban J connectivity index is 1.72. The standard InChI is InChI=1S/C18H22FNO/c1-14(2)21-18-9-5-16(6-10-18)13-20-12-11-15-3-7-17(19)8-4-15/h3-10,14,20H,11-13H2,1-2H3. The largest absolute Gasteiger partial charge is 0.491 e. The summed E-state index contributed by atoms with van der Waals surface area (Å²) in [6, 6.07) is 14.8. The Morgan fingerprint density at radius 1 is 0.952 bits per heavy atom. The fraction of sp³-hybridized carbons (Fsp3) is 0.333. The number of benzene rings is 2. The third kappa shape index (κ3) is 5.56. The molecule has 0 saturated carbocycles. The molecule has 0 aliphatic rings. The van der Waals surface area contributed by atoms with Crippen molar-refractivity contribution in [3.63, 3.8) is 0 Å². The monoisotopic (exact) mass is 287 g/mol. The van der Waals surface area contributed by atoms with E-state index in [1.165, 1.54) is 17.7 Å². The predicted molar refractivity (Wildman–Crippen MR) is 84.0 cm³/mol. The van der Waals surface area contributed by atoms with Crippen LogP contribution in [0.1, 0.15) is 25.0 Å². The van der Waals surface area contributed by atoms with Gasteiger partial charge in [0.25, 0.3) is 0 Å². The maximum Gasteiger partial charge on any atom is 0.123 e. The molecule has 0 amide bonds. The second-order valence-electron chi connectivity index (χ2n) is 5.36. The van der Waals surface area contributed by atoms with Crippen molar-refractivity contribution in [1.29, 1.82) is 0 Å². The van der Waals surface area contributed by atoms with Crippen molar-refractivity contribution in [2.45, 2.75) is 32.9 Å². The highest BCUT2D eigenvalue weighted by atomic mass is 19.1. The van der Waals surface area contributed by atoms with E-state index in [4.69, 9.17) is 4.74 Å². The van der Waals surface area contributed by atoms with Gasteiger partial charge in [-0.05, 0) is 62.2 Å². The Morgan fingerprint density at radius 3 is 2.19 bits per heavy atom. The number of nitrogens with one attached hydrogen (secondary N) is 1. The Kier molecular flexibility index (Phi) is 5.76. The number of ether oxygens (including phenoxy) is 1. The summed E-state index contributed by atoms with van der Waals surface area (Å²) in [4.78, 5) is 0. The first kappa shape index (κ1) is 15.5. The van der Waals surface area contributed by atoms with Crippen molar-refractivity contribution in [1.82, 2.24) is 5.32 Å². The van der Waals surface area contributed by atoms with Gasteiger partial charge in [0.1, 0.15) is 11.6 Å². The summed E-state index contributed by atoms with van der Waals surface area (Å²) in [6.45, 7) is 5.73. The van der Waals surface area contributed by atoms with E-state index in [0.29, 0.717) is 0 Å². The molecule has 0 atom stereocenters. The third-order valence-corrected chi connectivity index (χ3v) is 3.13. The van der Waals surface area contributed by atoms with Crippen molar-refractivity contribution >= 4 is 0 Å². The normalized spacial score (nSPS) is 10.9. The van der Waals surface area contributed by atoms with Crippen molar-refractivity contribution in [2.75, 3.05) is 6.54 Å². The lowest BCUT2D eigenvalue weighted by atomic mass is 10.1. The quantitative estimate of drug-likeness (QED) is 0.779. The maximum absolute atomic E-state index is 12.8. The van der Waals surface area contributed by atoms with Gasteiger partial charge in [-0.25, -0.2) is 4.39 Å². The van der Waals surface area contributed by atoms with E-state index in [-0.39, 0.29) is 11.9 Å². The lowest BCUT2D eigenvalue weighted by Crippen LogP contribution is -2.16. The summed E-state index contributed by atoms with van der Waals surface area (Å²) in [5, 5.41) is 3.39. The molecule has 0 fully saturated rings. The second-order valence-corrected chi connectivity index (χ2v) is 5.36. The van der Waals surface area contributed by atoms with Crippen LogP contribution in [0.4, 0.5) is 4.39 Å². The molecule has 0 aliphatic heterocycles. The number of hydrogen-bond acceptors (Lipinski definition) is 2. The van der Waals surface area contributed by atoms with Gasteiger partial charge in [-0.2, -0.15) is 0 Å². The van der Waals surface area contributed by atoms with Gasteiger partial charge in [0.15, 0.2) is 0 Å². The molecule has 0 radical (unpaired) electrons. The zero-order valence-electron chi connectivity index (χ0n) is 12.6. The highest BCUT2D eigenvalue weighted by Gasteiger charge is 1.99. The van der Waals surface area contributed by atoms with Gasteiger partial charge >= 0.3 is 0 Å². The van der Waals surface area contributed by atoms with Crippen molar-refractivity contribution in [3.8, 4) is 5.75 Å². The molecule has 21 heavy (non-hydrogen) atoms. The fourth-order valence-electron chi connectivity index (χ4n) is 2.07. The molecule has 0 aliphatic carbocycles. The zero-order chi connectivity index (χ0) is 15.1. The van der Waals surface area contributed by atoms with Crippen molar-refractivity contribution < 1.29 is 9.13 Å². The van der Waals surface area contributed by atoms with Crippen LogP contribution in [0.25, 0.3) is 0 Å². The molecule has 0 bridgehead atoms. The van der Waals surface area contributed by atoms with Gasteiger partial charge in [-0.1, -0.05) is 24.3 Å². The maximum atomic E-state index is 12.8. The summed E-state index contributed by atoms with van der Waals surface area (Å²) in [6.07, 6.45) is 1.10. The van der Waals surface area contributed by atoms with Crippen LogP contribution in [0.3, 0.4) is 0 Å². The molecule has 0 spiro atoms. The third-order valence-electron chi connectivity index (χ3n) is 3.13. The van der Waals surface area contributed by atoms with Crippen molar-refractivity contribution in [3.05, 3.63) is 65.5 Å². The molecular formula is C18H22FNO. The van der Waals surface area contributed by atoms with E-state index < -0.39 is 0 Å². The summed E-state index contributed by atoms with van der Waals surface area (Å²) in [5.74, 6) is 0.718. The van der Waals surface area contributed by atoms with Gasteiger partial charge in [0, 0.05) is 6.54 Å². The molecule has 2 rings (SSSR count). The second kappa shape index (κ2) is 7.79. The first-order valence-electron chi connectivity index (χ1n) is 7.34. The molecule has 112 valence electrons. The molecule has 1 N–H and O–H groups in total. The lowest BCUT2D eigenvalue weighted by molar-refractivity contribution is 0.242. The van der Waals surface area contributed by atoms with Crippen LogP contribution in [0.15, 0.2) is 48.5 Å². The van der Waals surface area contributed by atoms with Gasteiger partial charge < -0.3 is 10.1 Å². The topological polar surface area (TPSA) is 21.3 Å². The van der Waals surface area contributed by atoms with E-state index in [9.17, 15) is 4.39 Å². The van der Waals surface area contributed by atoms with E-state index >= 15 is 0 Å². The first-order chi connectivity index (χ1) is 10.1. The van der Waals surface area contributed by atoms with Crippen LogP contribution in [-0.2, 0) is 13.0 Å². The van der Waals surface area contributed by atoms with Crippen LogP contribution in [-0.4, -0.2) is 12.6 Å². The fourth-order valence-corrected chi connectivity index (χ4v) is 2.07. The SMILES string of the molecule is CC(C)Oc1ccc(CNCCc2ccc(F)cc2)cc1. The Hall–Kier alpha value is -1.87. The molecule has 0 unspecified atom stereocenters. The van der Waals surface area contributed by atoms with Crippen LogP contribution in [0.2, 0.25) is 0 Å². The van der Waals surface area contributed by atoms with E-state index in [1.807, 2.05) is 38.1 Å². The highest BCUT2D eigenvalue weighted by Crippen LogP contribution is 2.13. The van der Waals surface area contributed by atoms with E-state index in [0.717, 1.165) is 30.8 Å². The van der Waals surface area contributed by atoms with Crippen LogP contribution >= 0.6 is 0 Å². The smallest absolute Gasteiger partial charge is 0.123 e. The molecule has 0 saturated heterocycles. The van der Waals surface area contributed by atoms with Crippen LogP contribution in [0.5, 0.6) is 5.75 Å². The van der Waals surface area contributed by atoms with Crippen LogP contribution in [0, 0.1) is 5.82 Å². The predicted octanol–water partition coefficient (Wildman–Crippen LogP) is 3.95. The van der Waals surface area contributed by atoms with Gasteiger partial charge in [0.2, 0.25) is 0 Å². The molecule has 2 aromatic rings. The summed E-state index contributed by atoms with van der Waals surface area (Å²) >= 11 is 0. The van der Waals surface area contributed by atoms with Gasteiger partial charge in [-0.15, -0.1) is 0 Å². The van der Waals surface area contributed by atoms with E-state index in [1.54, 1.807) is 0 Å². The van der Waals surface area contributed by atoms with Crippen molar-refractivity contribution in [2.24, 2.45) is 0 Å². The number of hydrogen-bond donors (Lipinski definition) is 1. The lowest BCUT2D eigenvalue weighted by Gasteiger charge is -2.10. The van der Waals surface area contributed by atoms with Gasteiger partial charge in [-0.3, -0.25) is 0 Å². The number of rotatable bonds is 7. The van der Waals surface area contributed by atoms with E-state index in [2.05, 4.69) is 17.4 Å². The average Bonchev–Trinajstić information content (AvgIpc) is 2.46. The minimum absolute atomic E-state index is 0.185. The summed E-state index contributed by atoms with van der Waals surface area (Å²) in [5.41, 5.74) is 2.37. The minimum Gasteiger partial charge on any atom is -0.491 e. The minimum atomic E-state index is -0.185. The molecular weight excluding hydrogens is 265 g/mol. The molecule has 3 heteroatoms. The molecule has 0 heterocycles. The Bertz CT molecular complexity index is 534. The molecule has 2 nitrogen and oxygen atoms in total. The highest BCUT2D eigenvalue weighted by molar-refractivity contribution is 5.27. The van der Waals surface area contributed by atoms with Gasteiger partial charge in [0.05, 0.1) is 6.10 Å². The summed E-state index contributed by atoms with van der Waals surface area (Å²) in [7, 11) is 0. The summed E-state index contributed by atoms with van der Waals surface area (Å²) < 4.78 is 18.4. The molecule has 2 aromatic carbocycles. The average molecular weight is 287 g/mol.